The van der Waals surface area contributed by atoms with Gasteiger partial charge in [-0.1, -0.05) is 97.9 Å². The van der Waals surface area contributed by atoms with E-state index in [1.807, 2.05) is 6.07 Å². The Morgan fingerprint density at radius 1 is 0.636 bits per heavy atom. The second-order valence-corrected chi connectivity index (χ2v) is 8.07. The van der Waals surface area contributed by atoms with Gasteiger partial charge in [-0.2, -0.15) is 0 Å². The van der Waals surface area contributed by atoms with Gasteiger partial charge >= 0.3 is 0 Å². The van der Waals surface area contributed by atoms with Crippen LogP contribution in [0.4, 0.5) is 5.69 Å². The van der Waals surface area contributed by atoms with Crippen molar-refractivity contribution in [2.45, 2.75) is 13.3 Å². The molecule has 0 N–H and O–H groups in total. The maximum absolute atomic E-state index is 6.05. The van der Waals surface area contributed by atoms with E-state index >= 15 is 0 Å². The molecule has 0 radical (unpaired) electrons. The van der Waals surface area contributed by atoms with Crippen molar-refractivity contribution >= 4 is 16.8 Å². The lowest BCUT2D eigenvalue weighted by atomic mass is 9.88. The smallest absolute Gasteiger partial charge is 0.119 e. The molecule has 0 spiro atoms. The van der Waals surface area contributed by atoms with E-state index in [-0.39, 0.29) is 0 Å². The van der Waals surface area contributed by atoms with Crippen molar-refractivity contribution in [3.05, 3.63) is 132 Å². The third-order valence-electron chi connectivity index (χ3n) is 5.88. The average molecular weight is 434 g/mol. The van der Waals surface area contributed by atoms with Crippen LogP contribution in [0.15, 0.2) is 115 Å². The molecule has 0 aliphatic heterocycles. The summed E-state index contributed by atoms with van der Waals surface area (Å²) in [5, 5.41) is 0. The molecule has 0 bridgehead atoms. The highest BCUT2D eigenvalue weighted by atomic mass is 16.5. The third kappa shape index (κ3) is 5.72. The number of likely N-dealkylation sites (N-methyl/N-ethyl adjacent to an activating group) is 1. The van der Waals surface area contributed by atoms with Crippen molar-refractivity contribution in [2.75, 3.05) is 25.1 Å². The minimum atomic E-state index is 0.635. The topological polar surface area (TPSA) is 12.5 Å². The zero-order chi connectivity index (χ0) is 22.9. The number of hydrogen-bond acceptors (Lipinski definition) is 2. The van der Waals surface area contributed by atoms with Crippen LogP contribution in [0.3, 0.4) is 0 Å². The summed E-state index contributed by atoms with van der Waals surface area (Å²) in [5.41, 5.74) is 7.52. The maximum atomic E-state index is 6.05. The Balaban J connectivity index is 1.55. The molecular formula is C31H31NO. The van der Waals surface area contributed by atoms with Crippen molar-refractivity contribution in [2.24, 2.45) is 0 Å². The largest absolute Gasteiger partial charge is 0.492 e. The van der Waals surface area contributed by atoms with Crippen LogP contribution in [-0.4, -0.2) is 20.2 Å². The molecule has 0 heterocycles. The standard InChI is InChI=1S/C31H31NO/c1-3-30(25-13-7-4-8-14-25)31(26-15-9-5-10-16-26)27-19-21-29(22-20-27)33-24-23-32(2)28-17-11-6-12-18-28/h4-22H,3,23-24H2,1-2H3/b31-30-. The number of allylic oxidation sites excluding steroid dienone is 1. The van der Waals surface area contributed by atoms with Gasteiger partial charge in [0, 0.05) is 12.7 Å². The molecule has 4 aromatic carbocycles. The monoisotopic (exact) mass is 433 g/mol. The quantitative estimate of drug-likeness (QED) is 0.252. The van der Waals surface area contributed by atoms with E-state index in [0.29, 0.717) is 6.61 Å². The summed E-state index contributed by atoms with van der Waals surface area (Å²) in [7, 11) is 2.09. The fraction of sp³-hybridized carbons (Fsp3) is 0.161. The van der Waals surface area contributed by atoms with E-state index in [4.69, 9.17) is 4.74 Å². The molecule has 2 heteroatoms. The molecule has 0 fully saturated rings. The average Bonchev–Trinajstić information content (AvgIpc) is 2.89. The Morgan fingerprint density at radius 3 is 1.73 bits per heavy atom. The zero-order valence-electron chi connectivity index (χ0n) is 19.4. The lowest BCUT2D eigenvalue weighted by Crippen LogP contribution is -2.23. The third-order valence-corrected chi connectivity index (χ3v) is 5.88. The molecule has 0 saturated carbocycles. The van der Waals surface area contributed by atoms with Gasteiger partial charge in [-0.25, -0.2) is 0 Å². The Morgan fingerprint density at radius 2 is 1.15 bits per heavy atom. The molecule has 0 aromatic heterocycles. The lowest BCUT2D eigenvalue weighted by Gasteiger charge is -2.19. The maximum Gasteiger partial charge on any atom is 0.119 e. The van der Waals surface area contributed by atoms with E-state index in [9.17, 15) is 0 Å². The van der Waals surface area contributed by atoms with Crippen molar-refractivity contribution < 1.29 is 4.74 Å². The highest BCUT2D eigenvalue weighted by Crippen LogP contribution is 2.34. The molecule has 0 unspecified atom stereocenters. The second-order valence-electron chi connectivity index (χ2n) is 8.07. The molecule has 0 saturated heterocycles. The zero-order valence-corrected chi connectivity index (χ0v) is 19.4. The van der Waals surface area contributed by atoms with Crippen LogP contribution in [0, 0.1) is 0 Å². The van der Waals surface area contributed by atoms with Crippen molar-refractivity contribution in [3.8, 4) is 5.75 Å². The van der Waals surface area contributed by atoms with Gasteiger partial charge in [-0.3, -0.25) is 0 Å². The molecule has 33 heavy (non-hydrogen) atoms. The molecule has 4 aromatic rings. The first-order valence-corrected chi connectivity index (χ1v) is 11.6. The van der Waals surface area contributed by atoms with Crippen LogP contribution < -0.4 is 9.64 Å². The number of hydrogen-bond donors (Lipinski definition) is 0. The van der Waals surface area contributed by atoms with E-state index in [0.717, 1.165) is 18.7 Å². The van der Waals surface area contributed by atoms with Gasteiger partial charge in [0.25, 0.3) is 0 Å². The Bertz CT molecular complexity index is 1150. The highest BCUT2D eigenvalue weighted by Gasteiger charge is 2.13. The van der Waals surface area contributed by atoms with Gasteiger partial charge in [0.15, 0.2) is 0 Å². The molecule has 166 valence electrons. The van der Waals surface area contributed by atoms with Gasteiger partial charge < -0.3 is 9.64 Å². The first kappa shape index (κ1) is 22.4. The fourth-order valence-electron chi connectivity index (χ4n) is 4.11. The Kier molecular flexibility index (Phi) is 7.60. The van der Waals surface area contributed by atoms with Crippen LogP contribution >= 0.6 is 0 Å². The molecule has 4 rings (SSSR count). The number of nitrogens with zero attached hydrogens (tertiary/aromatic N) is 1. The van der Waals surface area contributed by atoms with Crippen molar-refractivity contribution in [3.63, 3.8) is 0 Å². The van der Waals surface area contributed by atoms with E-state index in [1.54, 1.807) is 0 Å². The Hall–Kier alpha value is -3.78. The first-order valence-electron chi connectivity index (χ1n) is 11.6. The number of anilines is 1. The highest BCUT2D eigenvalue weighted by molar-refractivity contribution is 5.98. The van der Waals surface area contributed by atoms with Crippen LogP contribution in [0.1, 0.15) is 30.0 Å². The van der Waals surface area contributed by atoms with Gasteiger partial charge in [-0.05, 0) is 58.5 Å². The number of benzene rings is 4. The summed E-state index contributed by atoms with van der Waals surface area (Å²) in [4.78, 5) is 2.21. The van der Waals surface area contributed by atoms with Crippen molar-refractivity contribution in [1.82, 2.24) is 0 Å². The summed E-state index contributed by atoms with van der Waals surface area (Å²) in [6.07, 6.45) is 0.957. The van der Waals surface area contributed by atoms with Crippen molar-refractivity contribution in [1.29, 1.82) is 0 Å². The number of rotatable bonds is 9. The normalized spacial score (nSPS) is 11.6. The Labute approximate surface area is 197 Å². The molecule has 0 aliphatic carbocycles. The molecule has 0 amide bonds. The lowest BCUT2D eigenvalue weighted by molar-refractivity contribution is 0.326. The predicted molar refractivity (Wildman–Crippen MR) is 141 cm³/mol. The van der Waals surface area contributed by atoms with E-state index in [1.165, 1.54) is 33.5 Å². The van der Waals surface area contributed by atoms with E-state index in [2.05, 4.69) is 128 Å². The van der Waals surface area contributed by atoms with Gasteiger partial charge in [0.05, 0.1) is 6.54 Å². The van der Waals surface area contributed by atoms with Gasteiger partial charge in [0.2, 0.25) is 0 Å². The molecule has 0 aliphatic rings. The van der Waals surface area contributed by atoms with Gasteiger partial charge in [-0.15, -0.1) is 0 Å². The summed E-state index contributed by atoms with van der Waals surface area (Å²) in [6, 6.07) is 40.2. The predicted octanol–water partition coefficient (Wildman–Crippen LogP) is 7.57. The number of ether oxygens (including phenoxy) is 1. The molecule has 0 atom stereocenters. The van der Waals surface area contributed by atoms with Crippen LogP contribution in [-0.2, 0) is 0 Å². The first-order chi connectivity index (χ1) is 16.3. The number of para-hydroxylation sites is 1. The van der Waals surface area contributed by atoms with Crippen LogP contribution in [0.5, 0.6) is 5.75 Å². The summed E-state index contributed by atoms with van der Waals surface area (Å²) in [6.45, 7) is 3.69. The fourth-order valence-corrected chi connectivity index (χ4v) is 4.11. The molecular weight excluding hydrogens is 402 g/mol. The molecule has 2 nitrogen and oxygen atoms in total. The minimum Gasteiger partial charge on any atom is -0.492 e. The van der Waals surface area contributed by atoms with Crippen LogP contribution in [0.2, 0.25) is 0 Å². The van der Waals surface area contributed by atoms with Crippen LogP contribution in [0.25, 0.3) is 11.1 Å². The summed E-state index contributed by atoms with van der Waals surface area (Å²) >= 11 is 0. The minimum absolute atomic E-state index is 0.635. The second kappa shape index (κ2) is 11.2. The van der Waals surface area contributed by atoms with E-state index < -0.39 is 0 Å². The van der Waals surface area contributed by atoms with Gasteiger partial charge in [0.1, 0.15) is 12.4 Å². The summed E-state index contributed by atoms with van der Waals surface area (Å²) < 4.78 is 6.05. The SMILES string of the molecule is CC/C(=C(\c1ccccc1)c1ccc(OCCN(C)c2ccccc2)cc1)c1ccccc1. The summed E-state index contributed by atoms with van der Waals surface area (Å²) in [5.74, 6) is 0.894.